The lowest BCUT2D eigenvalue weighted by atomic mass is 10.2. The molecule has 1 unspecified atom stereocenters. The number of likely N-dealkylation sites (tertiary alicyclic amines) is 1. The van der Waals surface area contributed by atoms with Gasteiger partial charge in [-0.3, -0.25) is 4.79 Å². The van der Waals surface area contributed by atoms with Crippen molar-refractivity contribution < 1.29 is 4.79 Å². The topological polar surface area (TPSA) is 49.6 Å². The van der Waals surface area contributed by atoms with Crippen LogP contribution in [-0.2, 0) is 0 Å². The van der Waals surface area contributed by atoms with Crippen LogP contribution in [-0.4, -0.2) is 48.9 Å². The number of nitrogens with zero attached hydrogens (tertiary/aromatic N) is 2. The molecule has 2 aromatic rings. The van der Waals surface area contributed by atoms with Crippen LogP contribution >= 0.6 is 11.3 Å². The summed E-state index contributed by atoms with van der Waals surface area (Å²) < 4.78 is 1.08. The summed E-state index contributed by atoms with van der Waals surface area (Å²) in [6, 6.07) is 8.26. The fraction of sp³-hybridized carbons (Fsp3) is 0.438. The number of hydrogen-bond donors (Lipinski definition) is 1. The number of hydrogen-bond acceptors (Lipinski definition) is 4. The number of likely N-dealkylation sites (N-methyl/N-ethyl adjacent to an activating group) is 1. The van der Waals surface area contributed by atoms with Gasteiger partial charge in [0.2, 0.25) is 0 Å². The van der Waals surface area contributed by atoms with Crippen molar-refractivity contribution in [3.05, 3.63) is 29.1 Å². The molecule has 4 nitrogen and oxygen atoms in total. The van der Waals surface area contributed by atoms with Crippen molar-refractivity contribution in [2.75, 3.05) is 32.9 Å². The molecule has 5 heteroatoms. The van der Waals surface area contributed by atoms with Gasteiger partial charge in [-0.05, 0) is 33.0 Å². The number of nitrogens with two attached hydrogens (primary N) is 1. The highest BCUT2D eigenvalue weighted by atomic mass is 32.1. The number of benzene rings is 1. The van der Waals surface area contributed by atoms with Crippen molar-refractivity contribution in [2.24, 2.45) is 0 Å². The zero-order valence-electron chi connectivity index (χ0n) is 12.5. The molecular formula is C16H21N3OS. The summed E-state index contributed by atoms with van der Waals surface area (Å²) in [6.45, 7) is 1.75. The Morgan fingerprint density at radius 3 is 2.90 bits per heavy atom. The quantitative estimate of drug-likeness (QED) is 0.948. The van der Waals surface area contributed by atoms with Crippen LogP contribution in [0.5, 0.6) is 0 Å². The Morgan fingerprint density at radius 1 is 1.43 bits per heavy atom. The Kier molecular flexibility index (Phi) is 3.87. The Balaban J connectivity index is 1.91. The summed E-state index contributed by atoms with van der Waals surface area (Å²) in [4.78, 5) is 17.7. The Morgan fingerprint density at radius 2 is 2.19 bits per heavy atom. The molecule has 1 amide bonds. The highest BCUT2D eigenvalue weighted by Crippen LogP contribution is 2.35. The second kappa shape index (κ2) is 5.66. The monoisotopic (exact) mass is 303 g/mol. The SMILES string of the molecule is CN(C)CC1CCCN1C(=O)c1sc2ccccc2c1N. The maximum atomic E-state index is 12.9. The molecule has 0 spiro atoms. The third kappa shape index (κ3) is 2.63. The third-order valence-electron chi connectivity index (χ3n) is 4.04. The van der Waals surface area contributed by atoms with Gasteiger partial charge in [0.05, 0.1) is 5.69 Å². The van der Waals surface area contributed by atoms with E-state index in [1.807, 2.05) is 29.2 Å². The summed E-state index contributed by atoms with van der Waals surface area (Å²) in [5.41, 5.74) is 6.84. The molecule has 0 radical (unpaired) electrons. The van der Waals surface area contributed by atoms with E-state index in [-0.39, 0.29) is 5.91 Å². The highest BCUT2D eigenvalue weighted by Gasteiger charge is 2.31. The first-order valence-corrected chi connectivity index (χ1v) is 8.12. The second-order valence-corrected chi connectivity index (χ2v) is 6.95. The van der Waals surface area contributed by atoms with E-state index in [2.05, 4.69) is 19.0 Å². The zero-order chi connectivity index (χ0) is 15.0. The molecule has 2 heterocycles. The van der Waals surface area contributed by atoms with Crippen LogP contribution in [0, 0.1) is 0 Å². The number of rotatable bonds is 3. The van der Waals surface area contributed by atoms with Gasteiger partial charge in [-0.2, -0.15) is 0 Å². The molecule has 1 fully saturated rings. The van der Waals surface area contributed by atoms with Crippen molar-refractivity contribution in [2.45, 2.75) is 18.9 Å². The first-order chi connectivity index (χ1) is 10.1. The molecular weight excluding hydrogens is 282 g/mol. The lowest BCUT2D eigenvalue weighted by Gasteiger charge is -2.26. The normalized spacial score (nSPS) is 18.8. The zero-order valence-corrected chi connectivity index (χ0v) is 13.3. The van der Waals surface area contributed by atoms with Crippen LogP contribution in [0.3, 0.4) is 0 Å². The van der Waals surface area contributed by atoms with E-state index in [1.54, 1.807) is 0 Å². The lowest BCUT2D eigenvalue weighted by Crippen LogP contribution is -2.41. The molecule has 1 aliphatic rings. The molecule has 0 bridgehead atoms. The van der Waals surface area contributed by atoms with Crippen LogP contribution in [0.1, 0.15) is 22.5 Å². The van der Waals surface area contributed by atoms with Crippen LogP contribution in [0.4, 0.5) is 5.69 Å². The molecule has 1 saturated heterocycles. The van der Waals surface area contributed by atoms with Gasteiger partial charge in [0, 0.05) is 29.2 Å². The lowest BCUT2D eigenvalue weighted by molar-refractivity contribution is 0.0722. The van der Waals surface area contributed by atoms with Gasteiger partial charge in [0.1, 0.15) is 4.88 Å². The van der Waals surface area contributed by atoms with Crippen molar-refractivity contribution in [3.63, 3.8) is 0 Å². The van der Waals surface area contributed by atoms with Crippen LogP contribution in [0.15, 0.2) is 24.3 Å². The van der Waals surface area contributed by atoms with Crippen molar-refractivity contribution in [3.8, 4) is 0 Å². The van der Waals surface area contributed by atoms with E-state index in [4.69, 9.17) is 5.73 Å². The fourth-order valence-electron chi connectivity index (χ4n) is 3.07. The largest absolute Gasteiger partial charge is 0.397 e. The van der Waals surface area contributed by atoms with Gasteiger partial charge >= 0.3 is 0 Å². The van der Waals surface area contributed by atoms with E-state index >= 15 is 0 Å². The predicted octanol–water partition coefficient (Wildman–Crippen LogP) is 2.65. The highest BCUT2D eigenvalue weighted by molar-refractivity contribution is 7.21. The minimum atomic E-state index is 0.0954. The number of thiophene rings is 1. The van der Waals surface area contributed by atoms with E-state index in [1.165, 1.54) is 11.3 Å². The fourth-order valence-corrected chi connectivity index (χ4v) is 4.15. The number of amides is 1. The van der Waals surface area contributed by atoms with Crippen LogP contribution in [0.25, 0.3) is 10.1 Å². The molecule has 1 atom stereocenters. The van der Waals surface area contributed by atoms with Gasteiger partial charge in [-0.1, -0.05) is 18.2 Å². The van der Waals surface area contributed by atoms with Crippen molar-refractivity contribution >= 4 is 33.0 Å². The summed E-state index contributed by atoms with van der Waals surface area (Å²) in [7, 11) is 4.10. The molecule has 1 aromatic carbocycles. The standard InChI is InChI=1S/C16H21N3OS/c1-18(2)10-11-6-5-9-19(11)16(20)15-14(17)12-7-3-4-8-13(12)21-15/h3-4,7-8,11H,5-6,9-10,17H2,1-2H3. The molecule has 1 aliphatic heterocycles. The average Bonchev–Trinajstić information content (AvgIpc) is 3.03. The molecule has 21 heavy (non-hydrogen) atoms. The predicted molar refractivity (Wildman–Crippen MR) is 88.8 cm³/mol. The Labute approximate surface area is 129 Å². The molecule has 3 rings (SSSR count). The summed E-state index contributed by atoms with van der Waals surface area (Å²) in [5.74, 6) is 0.0954. The summed E-state index contributed by atoms with van der Waals surface area (Å²) in [6.07, 6.45) is 2.16. The smallest absolute Gasteiger partial charge is 0.266 e. The van der Waals surface area contributed by atoms with E-state index in [9.17, 15) is 4.79 Å². The van der Waals surface area contributed by atoms with Gasteiger partial charge in [-0.25, -0.2) is 0 Å². The number of carbonyl (C=O) groups is 1. The molecule has 0 aliphatic carbocycles. The number of carbonyl (C=O) groups excluding carboxylic acids is 1. The second-order valence-electron chi connectivity index (χ2n) is 5.90. The van der Waals surface area contributed by atoms with Crippen LogP contribution < -0.4 is 5.73 Å². The van der Waals surface area contributed by atoms with E-state index in [0.717, 1.165) is 36.0 Å². The number of nitrogen functional groups attached to an aromatic ring is 1. The first kappa shape index (κ1) is 14.4. The Bertz CT molecular complexity index is 665. The summed E-state index contributed by atoms with van der Waals surface area (Å²) >= 11 is 1.51. The van der Waals surface area contributed by atoms with Crippen molar-refractivity contribution in [1.29, 1.82) is 0 Å². The molecule has 1 aromatic heterocycles. The van der Waals surface area contributed by atoms with Gasteiger partial charge < -0.3 is 15.5 Å². The van der Waals surface area contributed by atoms with Gasteiger partial charge in [0.15, 0.2) is 0 Å². The Hall–Kier alpha value is -1.59. The maximum absolute atomic E-state index is 12.9. The molecule has 0 saturated carbocycles. The van der Waals surface area contributed by atoms with Gasteiger partial charge in [-0.15, -0.1) is 11.3 Å². The van der Waals surface area contributed by atoms with Crippen LogP contribution in [0.2, 0.25) is 0 Å². The third-order valence-corrected chi connectivity index (χ3v) is 5.22. The average molecular weight is 303 g/mol. The van der Waals surface area contributed by atoms with E-state index < -0.39 is 0 Å². The first-order valence-electron chi connectivity index (χ1n) is 7.30. The molecule has 2 N–H and O–H groups in total. The number of anilines is 1. The maximum Gasteiger partial charge on any atom is 0.266 e. The number of fused-ring (bicyclic) bond motifs is 1. The minimum absolute atomic E-state index is 0.0954. The molecule has 112 valence electrons. The van der Waals surface area contributed by atoms with Crippen molar-refractivity contribution in [1.82, 2.24) is 9.80 Å². The summed E-state index contributed by atoms with van der Waals surface area (Å²) in [5, 5.41) is 0.995. The van der Waals surface area contributed by atoms with E-state index in [0.29, 0.717) is 16.6 Å². The van der Waals surface area contributed by atoms with Gasteiger partial charge in [0.25, 0.3) is 5.91 Å². The minimum Gasteiger partial charge on any atom is -0.397 e.